The van der Waals surface area contributed by atoms with Crippen molar-refractivity contribution in [2.75, 3.05) is 39.6 Å². The normalized spacial score (nSPS) is 17.8. The zero-order chi connectivity index (χ0) is 18.4. The largest absolute Gasteiger partial charge is 0.454 e. The number of ether oxygens (including phenoxy) is 3. The van der Waals surface area contributed by atoms with Crippen LogP contribution in [0, 0.1) is 0 Å². The van der Waals surface area contributed by atoms with E-state index >= 15 is 0 Å². The molecule has 1 atom stereocenters. The molecule has 2 aliphatic rings. The second-order valence-electron chi connectivity index (χ2n) is 7.04. The number of nitrogens with zero attached hydrogens (tertiary/aromatic N) is 2. The van der Waals surface area contributed by atoms with Crippen LogP contribution < -0.4 is 9.47 Å². The van der Waals surface area contributed by atoms with Crippen molar-refractivity contribution in [3.05, 3.63) is 23.8 Å². The standard InChI is InChI=1S/C20H30N2O4/c1-3-22(20(23)24-12-11-21-9-5-4-6-10-21)16(2)13-17-7-8-18-19(14-17)26-15-25-18/h7-8,14,16H,3-6,9-13,15H2,1-2H3. The highest BCUT2D eigenvalue weighted by Crippen LogP contribution is 2.33. The van der Waals surface area contributed by atoms with E-state index in [9.17, 15) is 4.79 Å². The summed E-state index contributed by atoms with van der Waals surface area (Å²) in [6, 6.07) is 6.01. The van der Waals surface area contributed by atoms with E-state index in [-0.39, 0.29) is 18.9 Å². The Morgan fingerprint density at radius 2 is 2.00 bits per heavy atom. The van der Waals surface area contributed by atoms with E-state index in [4.69, 9.17) is 14.2 Å². The first kappa shape index (κ1) is 18.8. The van der Waals surface area contributed by atoms with Gasteiger partial charge in [-0.15, -0.1) is 0 Å². The van der Waals surface area contributed by atoms with Crippen molar-refractivity contribution in [2.45, 2.75) is 45.6 Å². The molecule has 1 unspecified atom stereocenters. The number of carbonyl (C=O) groups is 1. The molecule has 1 aromatic rings. The van der Waals surface area contributed by atoms with Crippen molar-refractivity contribution in [3.8, 4) is 11.5 Å². The maximum atomic E-state index is 12.5. The Hall–Kier alpha value is -1.95. The average Bonchev–Trinajstić information content (AvgIpc) is 3.11. The van der Waals surface area contributed by atoms with Gasteiger partial charge in [-0.05, 0) is 63.9 Å². The highest BCUT2D eigenvalue weighted by molar-refractivity contribution is 5.68. The molecule has 0 radical (unpaired) electrons. The second kappa shape index (κ2) is 9.12. The molecule has 0 saturated carbocycles. The highest BCUT2D eigenvalue weighted by atomic mass is 16.7. The van der Waals surface area contributed by atoms with Crippen molar-refractivity contribution in [1.29, 1.82) is 0 Å². The number of hydrogen-bond donors (Lipinski definition) is 0. The zero-order valence-electron chi connectivity index (χ0n) is 15.9. The lowest BCUT2D eigenvalue weighted by Crippen LogP contribution is -2.41. The van der Waals surface area contributed by atoms with Crippen molar-refractivity contribution in [2.24, 2.45) is 0 Å². The van der Waals surface area contributed by atoms with Gasteiger partial charge in [0.25, 0.3) is 0 Å². The van der Waals surface area contributed by atoms with Gasteiger partial charge in [0.2, 0.25) is 6.79 Å². The molecule has 26 heavy (non-hydrogen) atoms. The molecule has 3 rings (SSSR count). The molecule has 0 aromatic heterocycles. The second-order valence-corrected chi connectivity index (χ2v) is 7.04. The number of amides is 1. The summed E-state index contributed by atoms with van der Waals surface area (Å²) in [7, 11) is 0. The number of fused-ring (bicyclic) bond motifs is 1. The minimum absolute atomic E-state index is 0.0582. The molecule has 0 spiro atoms. The van der Waals surface area contributed by atoms with Crippen molar-refractivity contribution in [3.63, 3.8) is 0 Å². The van der Waals surface area contributed by atoms with Gasteiger partial charge in [0.1, 0.15) is 6.61 Å². The molecule has 1 amide bonds. The predicted octanol–water partition coefficient (Wildman–Crippen LogP) is 3.29. The van der Waals surface area contributed by atoms with Crippen LogP contribution >= 0.6 is 0 Å². The molecule has 1 fully saturated rings. The first-order valence-corrected chi connectivity index (χ1v) is 9.71. The van der Waals surface area contributed by atoms with Gasteiger partial charge in [-0.3, -0.25) is 4.90 Å². The van der Waals surface area contributed by atoms with Crippen LogP contribution in [0.4, 0.5) is 4.79 Å². The van der Waals surface area contributed by atoms with E-state index in [0.717, 1.165) is 43.1 Å². The number of likely N-dealkylation sites (N-methyl/N-ethyl adjacent to an activating group) is 1. The van der Waals surface area contributed by atoms with Crippen LogP contribution in [0.5, 0.6) is 11.5 Å². The third-order valence-electron chi connectivity index (χ3n) is 5.16. The van der Waals surface area contributed by atoms with Gasteiger partial charge in [-0.1, -0.05) is 12.5 Å². The fourth-order valence-corrected chi connectivity index (χ4v) is 3.67. The third kappa shape index (κ3) is 4.81. The lowest BCUT2D eigenvalue weighted by Gasteiger charge is -2.29. The zero-order valence-corrected chi connectivity index (χ0v) is 15.9. The number of benzene rings is 1. The van der Waals surface area contributed by atoms with Gasteiger partial charge in [0.15, 0.2) is 11.5 Å². The third-order valence-corrected chi connectivity index (χ3v) is 5.16. The van der Waals surface area contributed by atoms with Crippen LogP contribution in [-0.4, -0.2) is 61.5 Å². The van der Waals surface area contributed by atoms with Crippen LogP contribution in [-0.2, 0) is 11.2 Å². The molecule has 0 N–H and O–H groups in total. The summed E-state index contributed by atoms with van der Waals surface area (Å²) >= 11 is 0. The monoisotopic (exact) mass is 362 g/mol. The fourth-order valence-electron chi connectivity index (χ4n) is 3.67. The Balaban J connectivity index is 1.47. The molecule has 144 valence electrons. The molecule has 2 heterocycles. The molecule has 1 saturated heterocycles. The Labute approximate surface area is 156 Å². The Kier molecular flexibility index (Phi) is 6.61. The minimum atomic E-state index is -0.224. The molecule has 1 aromatic carbocycles. The van der Waals surface area contributed by atoms with E-state index in [1.807, 2.05) is 25.1 Å². The van der Waals surface area contributed by atoms with Crippen LogP contribution in [0.2, 0.25) is 0 Å². The van der Waals surface area contributed by atoms with Gasteiger partial charge in [-0.2, -0.15) is 0 Å². The predicted molar refractivity (Wildman–Crippen MR) is 99.8 cm³/mol. The smallest absolute Gasteiger partial charge is 0.410 e. The highest BCUT2D eigenvalue weighted by Gasteiger charge is 2.22. The first-order valence-electron chi connectivity index (χ1n) is 9.71. The summed E-state index contributed by atoms with van der Waals surface area (Å²) in [6.45, 7) is 8.49. The van der Waals surface area contributed by atoms with E-state index in [2.05, 4.69) is 11.8 Å². The maximum Gasteiger partial charge on any atom is 0.410 e. The van der Waals surface area contributed by atoms with Crippen LogP contribution in [0.25, 0.3) is 0 Å². The summed E-state index contributed by atoms with van der Waals surface area (Å²) in [5.41, 5.74) is 1.13. The Morgan fingerprint density at radius 3 is 2.77 bits per heavy atom. The van der Waals surface area contributed by atoms with Crippen molar-refractivity contribution in [1.82, 2.24) is 9.80 Å². The van der Waals surface area contributed by atoms with Gasteiger partial charge in [0, 0.05) is 19.1 Å². The van der Waals surface area contributed by atoms with Crippen LogP contribution in [0.3, 0.4) is 0 Å². The number of likely N-dealkylation sites (tertiary alicyclic amines) is 1. The summed E-state index contributed by atoms with van der Waals surface area (Å²) in [5, 5.41) is 0. The van der Waals surface area contributed by atoms with E-state index in [1.54, 1.807) is 4.90 Å². The summed E-state index contributed by atoms with van der Waals surface area (Å²) < 4.78 is 16.3. The summed E-state index contributed by atoms with van der Waals surface area (Å²) in [4.78, 5) is 16.6. The molecular formula is C20H30N2O4. The Bertz CT molecular complexity index is 601. The molecule has 0 aliphatic carbocycles. The quantitative estimate of drug-likeness (QED) is 0.745. The van der Waals surface area contributed by atoms with Gasteiger partial charge < -0.3 is 19.1 Å². The summed E-state index contributed by atoms with van der Waals surface area (Å²) in [6.07, 6.45) is 4.35. The number of rotatable bonds is 7. The average molecular weight is 362 g/mol. The van der Waals surface area contributed by atoms with Crippen LogP contribution in [0.15, 0.2) is 18.2 Å². The molecule has 0 bridgehead atoms. The van der Waals surface area contributed by atoms with Gasteiger partial charge in [-0.25, -0.2) is 4.79 Å². The molecular weight excluding hydrogens is 332 g/mol. The van der Waals surface area contributed by atoms with Gasteiger partial charge >= 0.3 is 6.09 Å². The lowest BCUT2D eigenvalue weighted by atomic mass is 10.1. The van der Waals surface area contributed by atoms with E-state index in [0.29, 0.717) is 13.2 Å². The fraction of sp³-hybridized carbons (Fsp3) is 0.650. The van der Waals surface area contributed by atoms with Crippen molar-refractivity contribution >= 4 is 6.09 Å². The molecule has 6 nitrogen and oxygen atoms in total. The maximum absolute atomic E-state index is 12.5. The number of carbonyl (C=O) groups excluding carboxylic acids is 1. The van der Waals surface area contributed by atoms with Crippen LogP contribution in [0.1, 0.15) is 38.7 Å². The van der Waals surface area contributed by atoms with E-state index in [1.165, 1.54) is 19.3 Å². The number of piperidine rings is 1. The molecule has 6 heteroatoms. The number of hydrogen-bond acceptors (Lipinski definition) is 5. The van der Waals surface area contributed by atoms with E-state index < -0.39 is 0 Å². The van der Waals surface area contributed by atoms with Gasteiger partial charge in [0.05, 0.1) is 0 Å². The topological polar surface area (TPSA) is 51.2 Å². The lowest BCUT2D eigenvalue weighted by molar-refractivity contribution is 0.0779. The first-order chi connectivity index (χ1) is 12.7. The summed E-state index contributed by atoms with van der Waals surface area (Å²) in [5.74, 6) is 1.56. The molecule has 2 aliphatic heterocycles. The Morgan fingerprint density at radius 1 is 1.23 bits per heavy atom. The van der Waals surface area contributed by atoms with Crippen molar-refractivity contribution < 1.29 is 19.0 Å². The SMILES string of the molecule is CCN(C(=O)OCCN1CCCCC1)C(C)Cc1ccc2c(c1)OCO2. The minimum Gasteiger partial charge on any atom is -0.454 e.